The molecule has 1 aromatic heterocycles. The lowest BCUT2D eigenvalue weighted by molar-refractivity contribution is -0.133. The first-order valence-corrected chi connectivity index (χ1v) is 7.73. The highest BCUT2D eigenvalue weighted by atomic mass is 16.5. The molecule has 1 saturated carbocycles. The summed E-state index contributed by atoms with van der Waals surface area (Å²) in [6.07, 6.45) is 6.06. The summed E-state index contributed by atoms with van der Waals surface area (Å²) >= 11 is 0. The number of carbonyl (C=O) groups excluding carboxylic acids is 1. The van der Waals surface area contributed by atoms with Gasteiger partial charge in [0.15, 0.2) is 0 Å². The van der Waals surface area contributed by atoms with Crippen molar-refractivity contribution in [2.75, 3.05) is 19.7 Å². The zero-order valence-electron chi connectivity index (χ0n) is 12.1. The molecule has 1 aromatic rings. The summed E-state index contributed by atoms with van der Waals surface area (Å²) in [5.41, 5.74) is -0.373. The minimum atomic E-state index is -0.373. The van der Waals surface area contributed by atoms with Gasteiger partial charge in [-0.3, -0.25) is 9.78 Å². The highest BCUT2D eigenvalue weighted by Crippen LogP contribution is 2.27. The van der Waals surface area contributed by atoms with Crippen LogP contribution in [0.25, 0.3) is 0 Å². The fourth-order valence-electron chi connectivity index (χ4n) is 2.94. The van der Waals surface area contributed by atoms with Gasteiger partial charge in [-0.2, -0.15) is 5.10 Å². The number of carbonyl (C=O) groups is 1. The number of hydrogen-bond acceptors (Lipinski definition) is 4. The summed E-state index contributed by atoms with van der Waals surface area (Å²) in [4.78, 5) is 27.9. The normalized spacial score (nSPS) is 22.2. The summed E-state index contributed by atoms with van der Waals surface area (Å²) in [7, 11) is 0. The van der Waals surface area contributed by atoms with Crippen molar-refractivity contribution in [3.05, 3.63) is 16.3 Å². The van der Waals surface area contributed by atoms with Crippen LogP contribution in [0.4, 0.5) is 0 Å². The number of amides is 1. The summed E-state index contributed by atoms with van der Waals surface area (Å²) < 4.78 is 5.65. The highest BCUT2D eigenvalue weighted by Gasteiger charge is 2.27. The van der Waals surface area contributed by atoms with Crippen LogP contribution in [0, 0.1) is 5.92 Å². The predicted molar refractivity (Wildman–Crippen MR) is 75.8 cm³/mol. The molecule has 21 heavy (non-hydrogen) atoms. The van der Waals surface area contributed by atoms with E-state index >= 15 is 0 Å². The van der Waals surface area contributed by atoms with Gasteiger partial charge in [-0.05, 0) is 31.6 Å². The molecule has 0 radical (unpaired) electrons. The first-order chi connectivity index (χ1) is 10.2. The Kier molecular flexibility index (Phi) is 4.38. The molecule has 1 amide bonds. The Morgan fingerprint density at radius 3 is 2.71 bits per heavy atom. The quantitative estimate of drug-likeness (QED) is 0.797. The third-order valence-electron chi connectivity index (χ3n) is 4.37. The number of ether oxygens (including phenoxy) is 1. The lowest BCUT2D eigenvalue weighted by Crippen LogP contribution is -2.42. The summed E-state index contributed by atoms with van der Waals surface area (Å²) in [6, 6.07) is 0. The number of nitrogens with zero attached hydrogens (tertiary/aromatic N) is 2. The van der Waals surface area contributed by atoms with Crippen LogP contribution in [-0.4, -0.2) is 51.8 Å². The molecule has 0 spiro atoms. The molecule has 1 aliphatic carbocycles. The van der Waals surface area contributed by atoms with E-state index < -0.39 is 0 Å². The van der Waals surface area contributed by atoms with E-state index in [-0.39, 0.29) is 24.1 Å². The molecule has 2 heterocycles. The second-order valence-electron chi connectivity index (χ2n) is 6.03. The van der Waals surface area contributed by atoms with Crippen LogP contribution in [-0.2, 0) is 16.0 Å². The van der Waals surface area contributed by atoms with Crippen molar-refractivity contribution in [1.29, 1.82) is 0 Å². The maximum Gasteiger partial charge on any atom is 0.340 e. The van der Waals surface area contributed by atoms with E-state index in [0.29, 0.717) is 18.3 Å². The molecule has 1 aliphatic heterocycles. The Labute approximate surface area is 123 Å². The van der Waals surface area contributed by atoms with Gasteiger partial charge in [-0.25, -0.2) is 9.89 Å². The van der Waals surface area contributed by atoms with Gasteiger partial charge in [-0.1, -0.05) is 6.42 Å². The molecule has 1 atom stereocenters. The zero-order chi connectivity index (χ0) is 14.7. The van der Waals surface area contributed by atoms with Crippen LogP contribution in [0.1, 0.15) is 37.9 Å². The highest BCUT2D eigenvalue weighted by molar-refractivity contribution is 5.78. The van der Waals surface area contributed by atoms with Crippen LogP contribution in [0.15, 0.2) is 4.79 Å². The third kappa shape index (κ3) is 3.72. The van der Waals surface area contributed by atoms with Crippen molar-refractivity contribution in [2.24, 2.45) is 5.92 Å². The minimum Gasteiger partial charge on any atom is -0.376 e. The monoisotopic (exact) mass is 294 g/mol. The number of hydrogen-bond donors (Lipinski definition) is 2. The van der Waals surface area contributed by atoms with E-state index in [2.05, 4.69) is 15.2 Å². The fraction of sp³-hybridized carbons (Fsp3) is 0.786. The molecule has 0 bridgehead atoms. The van der Waals surface area contributed by atoms with E-state index in [1.165, 1.54) is 19.3 Å². The van der Waals surface area contributed by atoms with Gasteiger partial charge >= 0.3 is 5.69 Å². The van der Waals surface area contributed by atoms with E-state index in [9.17, 15) is 9.59 Å². The maximum absolute atomic E-state index is 12.5. The minimum absolute atomic E-state index is 0.0140. The van der Waals surface area contributed by atoms with Gasteiger partial charge in [-0.15, -0.1) is 0 Å². The Morgan fingerprint density at radius 1 is 1.29 bits per heavy atom. The van der Waals surface area contributed by atoms with Gasteiger partial charge < -0.3 is 9.64 Å². The third-order valence-corrected chi connectivity index (χ3v) is 4.37. The van der Waals surface area contributed by atoms with Crippen LogP contribution in [0.3, 0.4) is 0 Å². The Balaban J connectivity index is 1.60. The smallest absolute Gasteiger partial charge is 0.340 e. The summed E-state index contributed by atoms with van der Waals surface area (Å²) in [5.74, 6) is 1.03. The standard InChI is InChI=1S/C14H22N4O3/c19-13(7-12-15-14(20)17-16-12)18(8-10-3-1-4-10)9-11-5-2-6-21-11/h10-11H,1-9H2,(H2,15,16,17,20)/t11-/m1/s1. The molecule has 0 aromatic carbocycles. The molecule has 0 unspecified atom stereocenters. The molecule has 3 rings (SSSR count). The molecule has 1 saturated heterocycles. The molecule has 2 N–H and O–H groups in total. The Morgan fingerprint density at radius 2 is 2.14 bits per heavy atom. The van der Waals surface area contributed by atoms with Crippen molar-refractivity contribution in [3.63, 3.8) is 0 Å². The number of H-pyrrole nitrogens is 2. The summed E-state index contributed by atoms with van der Waals surface area (Å²) in [6.45, 7) is 2.25. The first-order valence-electron chi connectivity index (χ1n) is 7.73. The number of nitrogens with one attached hydrogen (secondary N) is 2. The average molecular weight is 294 g/mol. The lowest BCUT2D eigenvalue weighted by atomic mass is 9.85. The average Bonchev–Trinajstić information content (AvgIpc) is 3.04. The van der Waals surface area contributed by atoms with Crippen LogP contribution >= 0.6 is 0 Å². The summed E-state index contributed by atoms with van der Waals surface area (Å²) in [5, 5.41) is 6.10. The van der Waals surface area contributed by atoms with E-state index in [0.717, 1.165) is 26.0 Å². The van der Waals surface area contributed by atoms with Crippen LogP contribution in [0.2, 0.25) is 0 Å². The van der Waals surface area contributed by atoms with Crippen molar-refractivity contribution >= 4 is 5.91 Å². The maximum atomic E-state index is 12.5. The van der Waals surface area contributed by atoms with E-state index in [1.807, 2.05) is 4.90 Å². The molecule has 7 nitrogen and oxygen atoms in total. The topological polar surface area (TPSA) is 91.1 Å². The predicted octanol–water partition coefficient (Wildman–Crippen LogP) is 0.448. The second-order valence-corrected chi connectivity index (χ2v) is 6.03. The Bertz CT molecular complexity index is 528. The van der Waals surface area contributed by atoms with Crippen LogP contribution in [0.5, 0.6) is 0 Å². The molecular weight excluding hydrogens is 272 g/mol. The SMILES string of the molecule is O=C(Cc1n[nH]c(=O)[nH]1)N(CC1CCC1)C[C@H]1CCCO1. The number of aromatic nitrogens is 3. The van der Waals surface area contributed by atoms with Crippen LogP contribution < -0.4 is 5.69 Å². The Hall–Kier alpha value is -1.63. The fourth-order valence-corrected chi connectivity index (χ4v) is 2.94. The van der Waals surface area contributed by atoms with Crippen molar-refractivity contribution in [2.45, 2.75) is 44.6 Å². The largest absolute Gasteiger partial charge is 0.376 e. The number of aromatic amines is 2. The molecular formula is C14H22N4O3. The van der Waals surface area contributed by atoms with Gasteiger partial charge in [0, 0.05) is 19.7 Å². The molecule has 7 heteroatoms. The molecule has 2 aliphatic rings. The van der Waals surface area contributed by atoms with Crippen molar-refractivity contribution < 1.29 is 9.53 Å². The first kappa shape index (κ1) is 14.3. The van der Waals surface area contributed by atoms with Gasteiger partial charge in [0.25, 0.3) is 0 Å². The van der Waals surface area contributed by atoms with Gasteiger partial charge in [0.05, 0.1) is 12.5 Å². The van der Waals surface area contributed by atoms with Gasteiger partial charge in [0.2, 0.25) is 5.91 Å². The van der Waals surface area contributed by atoms with Crippen molar-refractivity contribution in [1.82, 2.24) is 20.1 Å². The van der Waals surface area contributed by atoms with E-state index in [4.69, 9.17) is 4.74 Å². The van der Waals surface area contributed by atoms with Gasteiger partial charge in [0.1, 0.15) is 5.82 Å². The van der Waals surface area contributed by atoms with Crippen molar-refractivity contribution in [3.8, 4) is 0 Å². The second kappa shape index (κ2) is 6.43. The molecule has 2 fully saturated rings. The molecule has 116 valence electrons. The number of rotatable bonds is 6. The van der Waals surface area contributed by atoms with E-state index in [1.54, 1.807) is 0 Å². The lowest BCUT2D eigenvalue weighted by Gasteiger charge is -2.33. The zero-order valence-corrected chi connectivity index (χ0v) is 12.1.